The minimum absolute atomic E-state index is 0.0391. The van der Waals surface area contributed by atoms with E-state index in [2.05, 4.69) is 19.2 Å². The highest BCUT2D eigenvalue weighted by Crippen LogP contribution is 2.27. The molecule has 5 nitrogen and oxygen atoms in total. The molecule has 0 saturated carbocycles. The fraction of sp³-hybridized carbons (Fsp3) is 0.500. The van der Waals surface area contributed by atoms with Gasteiger partial charge in [0.05, 0.1) is 6.04 Å². The van der Waals surface area contributed by atoms with Gasteiger partial charge < -0.3 is 10.1 Å². The molecule has 21 heavy (non-hydrogen) atoms. The van der Waals surface area contributed by atoms with Gasteiger partial charge in [0.2, 0.25) is 0 Å². The first-order valence-electron chi connectivity index (χ1n) is 7.38. The summed E-state index contributed by atoms with van der Waals surface area (Å²) in [6, 6.07) is 7.11. The van der Waals surface area contributed by atoms with E-state index >= 15 is 0 Å². The van der Waals surface area contributed by atoms with Crippen molar-refractivity contribution in [3.05, 3.63) is 29.8 Å². The second-order valence-corrected chi connectivity index (χ2v) is 5.56. The SMILES string of the molecule is CCCNC(=O)c1ccc(N2C(=O)OCC2C(C)C)cc1. The number of carbonyl (C=O) groups excluding carboxylic acids is 2. The van der Waals surface area contributed by atoms with Crippen LogP contribution in [-0.4, -0.2) is 31.2 Å². The van der Waals surface area contributed by atoms with Crippen LogP contribution in [0.3, 0.4) is 0 Å². The molecule has 1 atom stereocenters. The van der Waals surface area contributed by atoms with Crippen LogP contribution in [0.5, 0.6) is 0 Å². The van der Waals surface area contributed by atoms with Crippen molar-refractivity contribution in [2.75, 3.05) is 18.1 Å². The molecule has 1 saturated heterocycles. The van der Waals surface area contributed by atoms with E-state index in [4.69, 9.17) is 4.74 Å². The Hall–Kier alpha value is -2.04. The van der Waals surface area contributed by atoms with Gasteiger partial charge in [-0.1, -0.05) is 20.8 Å². The molecule has 5 heteroatoms. The number of rotatable bonds is 5. The molecule has 0 spiro atoms. The summed E-state index contributed by atoms with van der Waals surface area (Å²) in [7, 11) is 0. The third-order valence-electron chi connectivity index (χ3n) is 3.62. The van der Waals surface area contributed by atoms with Gasteiger partial charge in [-0.2, -0.15) is 0 Å². The first-order valence-corrected chi connectivity index (χ1v) is 7.38. The summed E-state index contributed by atoms with van der Waals surface area (Å²) in [5, 5.41) is 2.83. The first-order chi connectivity index (χ1) is 10.0. The Kier molecular flexibility index (Phi) is 4.83. The number of cyclic esters (lactones) is 1. The Morgan fingerprint density at radius 3 is 2.62 bits per heavy atom. The molecule has 0 aliphatic carbocycles. The fourth-order valence-corrected chi connectivity index (χ4v) is 2.34. The second-order valence-electron chi connectivity index (χ2n) is 5.56. The van der Waals surface area contributed by atoms with Gasteiger partial charge in [0.25, 0.3) is 5.91 Å². The van der Waals surface area contributed by atoms with Gasteiger partial charge in [-0.05, 0) is 36.6 Å². The van der Waals surface area contributed by atoms with Gasteiger partial charge in [-0.15, -0.1) is 0 Å². The normalized spacial score (nSPS) is 18.0. The maximum Gasteiger partial charge on any atom is 0.414 e. The average Bonchev–Trinajstić information content (AvgIpc) is 2.87. The number of hydrogen-bond donors (Lipinski definition) is 1. The maximum atomic E-state index is 11.9. The van der Waals surface area contributed by atoms with Crippen LogP contribution in [0.1, 0.15) is 37.6 Å². The molecule has 2 amide bonds. The lowest BCUT2D eigenvalue weighted by Crippen LogP contribution is -2.37. The van der Waals surface area contributed by atoms with Crippen molar-refractivity contribution in [1.29, 1.82) is 0 Å². The van der Waals surface area contributed by atoms with Gasteiger partial charge in [-0.3, -0.25) is 9.69 Å². The molecule has 0 bridgehead atoms. The molecule has 1 aliphatic heterocycles. The summed E-state index contributed by atoms with van der Waals surface area (Å²) in [6.07, 6.45) is 0.580. The van der Waals surface area contributed by atoms with Crippen molar-refractivity contribution in [3.8, 4) is 0 Å². The first kappa shape index (κ1) is 15.4. The molecule has 0 radical (unpaired) electrons. The number of ether oxygens (including phenoxy) is 1. The summed E-state index contributed by atoms with van der Waals surface area (Å²) in [5.74, 6) is 0.219. The molecule has 1 aromatic rings. The van der Waals surface area contributed by atoms with Gasteiger partial charge in [0.15, 0.2) is 0 Å². The van der Waals surface area contributed by atoms with Crippen molar-refractivity contribution in [2.45, 2.75) is 33.2 Å². The zero-order valence-corrected chi connectivity index (χ0v) is 12.8. The molecular weight excluding hydrogens is 268 g/mol. The van der Waals surface area contributed by atoms with Crippen LogP contribution in [0.15, 0.2) is 24.3 Å². The van der Waals surface area contributed by atoms with Crippen LogP contribution in [0, 0.1) is 5.92 Å². The van der Waals surface area contributed by atoms with E-state index in [1.807, 2.05) is 6.92 Å². The number of amides is 2. The van der Waals surface area contributed by atoms with E-state index in [0.29, 0.717) is 24.6 Å². The lowest BCUT2D eigenvalue weighted by molar-refractivity contribution is 0.0953. The molecule has 114 valence electrons. The van der Waals surface area contributed by atoms with Crippen molar-refractivity contribution < 1.29 is 14.3 Å². The van der Waals surface area contributed by atoms with Gasteiger partial charge in [0, 0.05) is 17.8 Å². The van der Waals surface area contributed by atoms with Crippen LogP contribution >= 0.6 is 0 Å². The topological polar surface area (TPSA) is 58.6 Å². The Bertz CT molecular complexity index is 511. The summed E-state index contributed by atoms with van der Waals surface area (Å²) in [5.41, 5.74) is 1.36. The number of nitrogens with zero attached hydrogens (tertiary/aromatic N) is 1. The molecular formula is C16H22N2O3. The highest BCUT2D eigenvalue weighted by Gasteiger charge is 2.36. The molecule has 1 aliphatic rings. The van der Waals surface area contributed by atoms with Crippen LogP contribution in [0.25, 0.3) is 0 Å². The number of carbonyl (C=O) groups is 2. The van der Waals surface area contributed by atoms with Gasteiger partial charge >= 0.3 is 6.09 Å². The maximum absolute atomic E-state index is 11.9. The molecule has 1 aromatic carbocycles. The minimum Gasteiger partial charge on any atom is -0.447 e. The molecule has 2 rings (SSSR count). The van der Waals surface area contributed by atoms with Crippen LogP contribution in [0.2, 0.25) is 0 Å². The summed E-state index contributed by atoms with van der Waals surface area (Å²) < 4.78 is 5.13. The Balaban J connectivity index is 2.14. The Morgan fingerprint density at radius 2 is 2.05 bits per heavy atom. The van der Waals surface area contributed by atoms with E-state index in [9.17, 15) is 9.59 Å². The predicted molar refractivity (Wildman–Crippen MR) is 81.5 cm³/mol. The predicted octanol–water partition coefficient (Wildman–Crippen LogP) is 2.81. The fourth-order valence-electron chi connectivity index (χ4n) is 2.34. The van der Waals surface area contributed by atoms with Crippen molar-refractivity contribution in [2.24, 2.45) is 5.92 Å². The molecule has 1 heterocycles. The average molecular weight is 290 g/mol. The largest absolute Gasteiger partial charge is 0.447 e. The molecule has 1 fully saturated rings. The molecule has 1 N–H and O–H groups in total. The van der Waals surface area contributed by atoms with E-state index in [0.717, 1.165) is 12.1 Å². The Labute approximate surface area is 125 Å². The van der Waals surface area contributed by atoms with Gasteiger partial charge in [-0.25, -0.2) is 4.79 Å². The second kappa shape index (κ2) is 6.61. The number of nitrogens with one attached hydrogen (secondary N) is 1. The standard InChI is InChI=1S/C16H22N2O3/c1-4-9-17-15(19)12-5-7-13(8-6-12)18-14(11(2)3)10-21-16(18)20/h5-8,11,14H,4,9-10H2,1-3H3,(H,17,19). The third-order valence-corrected chi connectivity index (χ3v) is 3.62. The van der Waals surface area contributed by atoms with E-state index in [1.165, 1.54) is 0 Å². The van der Waals surface area contributed by atoms with Crippen molar-refractivity contribution >= 4 is 17.7 Å². The van der Waals surface area contributed by atoms with Crippen LogP contribution < -0.4 is 10.2 Å². The van der Waals surface area contributed by atoms with Crippen molar-refractivity contribution in [1.82, 2.24) is 5.32 Å². The van der Waals surface area contributed by atoms with E-state index < -0.39 is 0 Å². The summed E-state index contributed by atoms with van der Waals surface area (Å²) in [4.78, 5) is 25.4. The van der Waals surface area contributed by atoms with Crippen LogP contribution in [-0.2, 0) is 4.74 Å². The Morgan fingerprint density at radius 1 is 1.38 bits per heavy atom. The minimum atomic E-state index is -0.322. The zero-order chi connectivity index (χ0) is 15.4. The third kappa shape index (κ3) is 3.35. The highest BCUT2D eigenvalue weighted by molar-refractivity contribution is 5.95. The van der Waals surface area contributed by atoms with Crippen molar-refractivity contribution in [3.63, 3.8) is 0 Å². The highest BCUT2D eigenvalue weighted by atomic mass is 16.6. The van der Waals surface area contributed by atoms with E-state index in [1.54, 1.807) is 29.2 Å². The quantitative estimate of drug-likeness (QED) is 0.907. The number of benzene rings is 1. The van der Waals surface area contributed by atoms with Gasteiger partial charge in [0.1, 0.15) is 6.61 Å². The molecule has 1 unspecified atom stereocenters. The van der Waals surface area contributed by atoms with Crippen LogP contribution in [0.4, 0.5) is 10.5 Å². The number of hydrogen-bond acceptors (Lipinski definition) is 3. The lowest BCUT2D eigenvalue weighted by Gasteiger charge is -2.24. The summed E-state index contributed by atoms with van der Waals surface area (Å²) >= 11 is 0. The van der Waals surface area contributed by atoms with E-state index in [-0.39, 0.29) is 18.0 Å². The monoisotopic (exact) mass is 290 g/mol. The smallest absolute Gasteiger partial charge is 0.414 e. The molecule has 0 aromatic heterocycles. The summed E-state index contributed by atoms with van der Waals surface area (Å²) in [6.45, 7) is 7.20. The zero-order valence-electron chi connectivity index (χ0n) is 12.8. The number of anilines is 1. The lowest BCUT2D eigenvalue weighted by atomic mass is 10.0.